The topological polar surface area (TPSA) is 111 Å². The molecule has 21 heavy (non-hydrogen) atoms. The molecule has 0 aliphatic rings. The Morgan fingerprint density at radius 3 is 2.43 bits per heavy atom. The van der Waals surface area contributed by atoms with Gasteiger partial charge in [0.1, 0.15) is 6.04 Å². The Morgan fingerprint density at radius 1 is 1.24 bits per heavy atom. The lowest BCUT2D eigenvalue weighted by molar-refractivity contribution is -0.118. The molecule has 1 rings (SSSR count). The molecule has 7 heteroatoms. The fourth-order valence-corrected chi connectivity index (χ4v) is 1.75. The van der Waals surface area contributed by atoms with Gasteiger partial charge in [-0.15, -0.1) is 0 Å². The summed E-state index contributed by atoms with van der Waals surface area (Å²) in [5, 5.41) is 5.01. The highest BCUT2D eigenvalue weighted by Crippen LogP contribution is 2.13. The number of carbonyl (C=O) groups excluding carboxylic acids is 3. The average molecular weight is 293 g/mol. The molecule has 1 aromatic rings. The predicted octanol–water partition coefficient (Wildman–Crippen LogP) is 1.10. The molecule has 4 N–H and O–H groups in total. The number of anilines is 1. The van der Waals surface area contributed by atoms with E-state index in [1.165, 1.54) is 13.2 Å². The van der Waals surface area contributed by atoms with Crippen LogP contribution in [0, 0.1) is 5.92 Å². The Balaban J connectivity index is 2.86. The van der Waals surface area contributed by atoms with Gasteiger partial charge in [0.05, 0.1) is 12.7 Å². The molecule has 0 radical (unpaired) electrons. The zero-order valence-corrected chi connectivity index (χ0v) is 12.2. The van der Waals surface area contributed by atoms with Crippen molar-refractivity contribution in [3.8, 4) is 0 Å². The average Bonchev–Trinajstić information content (AvgIpc) is 2.43. The lowest BCUT2D eigenvalue weighted by Gasteiger charge is -2.20. The van der Waals surface area contributed by atoms with Crippen LogP contribution in [0.1, 0.15) is 24.2 Å². The molecule has 0 aliphatic heterocycles. The van der Waals surface area contributed by atoms with Gasteiger partial charge in [-0.3, -0.25) is 4.79 Å². The maximum absolute atomic E-state index is 12.1. The molecule has 0 aliphatic carbocycles. The number of amides is 3. The molecule has 1 atom stereocenters. The molecule has 7 nitrogen and oxygen atoms in total. The third-order valence-corrected chi connectivity index (χ3v) is 2.80. The van der Waals surface area contributed by atoms with Crippen LogP contribution in [-0.2, 0) is 9.53 Å². The standard InChI is InChI=1S/C14H19N3O4/c1-8(2)11(17-14(15)20)12(18)16-10-6-4-5-9(7-10)13(19)21-3/h4-8,11H,1-3H3,(H,16,18)(H3,15,17,20). The minimum absolute atomic E-state index is 0.138. The van der Waals surface area contributed by atoms with Gasteiger partial charge in [0, 0.05) is 5.69 Å². The predicted molar refractivity (Wildman–Crippen MR) is 77.8 cm³/mol. The second-order valence-electron chi connectivity index (χ2n) is 4.79. The largest absolute Gasteiger partial charge is 0.465 e. The SMILES string of the molecule is COC(=O)c1cccc(NC(=O)C(NC(N)=O)C(C)C)c1. The number of urea groups is 1. The Morgan fingerprint density at radius 2 is 1.90 bits per heavy atom. The number of rotatable bonds is 5. The van der Waals surface area contributed by atoms with E-state index in [1.54, 1.807) is 32.0 Å². The summed E-state index contributed by atoms with van der Waals surface area (Å²) in [4.78, 5) is 34.5. The molecule has 0 aromatic heterocycles. The summed E-state index contributed by atoms with van der Waals surface area (Å²) in [6, 6.07) is 4.78. The molecular formula is C14H19N3O4. The molecule has 0 heterocycles. The van der Waals surface area contributed by atoms with Crippen LogP contribution >= 0.6 is 0 Å². The molecule has 3 amide bonds. The summed E-state index contributed by atoms with van der Waals surface area (Å²) >= 11 is 0. The van der Waals surface area contributed by atoms with Gasteiger partial charge in [-0.1, -0.05) is 19.9 Å². The van der Waals surface area contributed by atoms with Crippen molar-refractivity contribution >= 4 is 23.6 Å². The number of nitrogens with one attached hydrogen (secondary N) is 2. The summed E-state index contributed by atoms with van der Waals surface area (Å²) in [5.41, 5.74) is 5.80. The molecule has 114 valence electrons. The van der Waals surface area contributed by atoms with Crippen molar-refractivity contribution in [2.75, 3.05) is 12.4 Å². The Hall–Kier alpha value is -2.57. The summed E-state index contributed by atoms with van der Waals surface area (Å²) in [6.07, 6.45) is 0. The lowest BCUT2D eigenvalue weighted by Crippen LogP contribution is -2.49. The van der Waals surface area contributed by atoms with Gasteiger partial charge in [0.15, 0.2) is 0 Å². The summed E-state index contributed by atoms with van der Waals surface area (Å²) in [7, 11) is 1.28. The van der Waals surface area contributed by atoms with Gasteiger partial charge in [0.25, 0.3) is 0 Å². The number of methoxy groups -OCH3 is 1. The van der Waals surface area contributed by atoms with Crippen molar-refractivity contribution in [1.82, 2.24) is 5.32 Å². The fourth-order valence-electron chi connectivity index (χ4n) is 1.75. The maximum atomic E-state index is 12.1. The van der Waals surface area contributed by atoms with Crippen LogP contribution in [0.3, 0.4) is 0 Å². The number of primary amides is 1. The van der Waals surface area contributed by atoms with Gasteiger partial charge in [-0.25, -0.2) is 9.59 Å². The fraction of sp³-hybridized carbons (Fsp3) is 0.357. The van der Waals surface area contributed by atoms with Gasteiger partial charge in [-0.05, 0) is 24.1 Å². The smallest absolute Gasteiger partial charge is 0.337 e. The number of benzene rings is 1. The summed E-state index contributed by atoms with van der Waals surface area (Å²) in [5.74, 6) is -1.05. The van der Waals surface area contributed by atoms with E-state index in [9.17, 15) is 14.4 Å². The van der Waals surface area contributed by atoms with E-state index in [0.29, 0.717) is 11.3 Å². The van der Waals surface area contributed by atoms with Crippen LogP contribution < -0.4 is 16.4 Å². The first kappa shape index (κ1) is 16.5. The molecule has 0 saturated heterocycles. The zero-order valence-electron chi connectivity index (χ0n) is 12.2. The van der Waals surface area contributed by atoms with E-state index in [2.05, 4.69) is 15.4 Å². The minimum atomic E-state index is -0.771. The van der Waals surface area contributed by atoms with Crippen LogP contribution in [0.2, 0.25) is 0 Å². The lowest BCUT2D eigenvalue weighted by atomic mass is 10.0. The van der Waals surface area contributed by atoms with Crippen molar-refractivity contribution in [2.45, 2.75) is 19.9 Å². The third-order valence-electron chi connectivity index (χ3n) is 2.80. The molecule has 1 unspecified atom stereocenters. The molecular weight excluding hydrogens is 274 g/mol. The van der Waals surface area contributed by atoms with Gasteiger partial charge < -0.3 is 21.1 Å². The second kappa shape index (κ2) is 7.28. The summed E-state index contributed by atoms with van der Waals surface area (Å²) < 4.78 is 4.61. The maximum Gasteiger partial charge on any atom is 0.337 e. The van der Waals surface area contributed by atoms with Crippen LogP contribution in [0.15, 0.2) is 24.3 Å². The van der Waals surface area contributed by atoms with Crippen molar-refractivity contribution in [3.05, 3.63) is 29.8 Å². The van der Waals surface area contributed by atoms with Crippen LogP contribution in [0.25, 0.3) is 0 Å². The van der Waals surface area contributed by atoms with E-state index in [4.69, 9.17) is 5.73 Å². The van der Waals surface area contributed by atoms with Crippen molar-refractivity contribution in [2.24, 2.45) is 11.7 Å². The van der Waals surface area contributed by atoms with Gasteiger partial charge in [0.2, 0.25) is 5.91 Å². The quantitative estimate of drug-likeness (QED) is 0.706. The van der Waals surface area contributed by atoms with Gasteiger partial charge in [-0.2, -0.15) is 0 Å². The highest BCUT2D eigenvalue weighted by atomic mass is 16.5. The number of esters is 1. The Bertz CT molecular complexity index is 543. The highest BCUT2D eigenvalue weighted by molar-refractivity contribution is 5.98. The van der Waals surface area contributed by atoms with Crippen molar-refractivity contribution in [3.63, 3.8) is 0 Å². The van der Waals surface area contributed by atoms with E-state index in [1.807, 2.05) is 0 Å². The van der Waals surface area contributed by atoms with Crippen molar-refractivity contribution < 1.29 is 19.1 Å². The Kier molecular flexibility index (Phi) is 5.71. The normalized spacial score (nSPS) is 11.6. The van der Waals surface area contributed by atoms with E-state index >= 15 is 0 Å². The number of carbonyl (C=O) groups is 3. The van der Waals surface area contributed by atoms with E-state index < -0.39 is 23.9 Å². The second-order valence-corrected chi connectivity index (χ2v) is 4.79. The number of nitrogens with two attached hydrogens (primary N) is 1. The molecule has 0 saturated carbocycles. The molecule has 0 bridgehead atoms. The first-order chi connectivity index (χ1) is 9.85. The van der Waals surface area contributed by atoms with E-state index in [-0.39, 0.29) is 5.92 Å². The Labute approximate surface area is 122 Å². The van der Waals surface area contributed by atoms with Crippen LogP contribution in [-0.4, -0.2) is 31.1 Å². The minimum Gasteiger partial charge on any atom is -0.465 e. The third kappa shape index (κ3) is 4.79. The van der Waals surface area contributed by atoms with Crippen molar-refractivity contribution in [1.29, 1.82) is 0 Å². The highest BCUT2D eigenvalue weighted by Gasteiger charge is 2.23. The molecule has 1 aromatic carbocycles. The number of hydrogen-bond donors (Lipinski definition) is 3. The number of hydrogen-bond acceptors (Lipinski definition) is 4. The van der Waals surface area contributed by atoms with Gasteiger partial charge >= 0.3 is 12.0 Å². The molecule has 0 spiro atoms. The number of ether oxygens (including phenoxy) is 1. The first-order valence-electron chi connectivity index (χ1n) is 6.40. The monoisotopic (exact) mass is 293 g/mol. The zero-order chi connectivity index (χ0) is 16.0. The van der Waals surface area contributed by atoms with E-state index in [0.717, 1.165) is 0 Å². The summed E-state index contributed by atoms with van der Waals surface area (Å²) in [6.45, 7) is 3.57. The van der Waals surface area contributed by atoms with Crippen LogP contribution in [0.5, 0.6) is 0 Å². The first-order valence-corrected chi connectivity index (χ1v) is 6.40. The molecule has 0 fully saturated rings. The van der Waals surface area contributed by atoms with Crippen LogP contribution in [0.4, 0.5) is 10.5 Å².